The van der Waals surface area contributed by atoms with Crippen molar-refractivity contribution < 1.29 is 9.59 Å². The van der Waals surface area contributed by atoms with Gasteiger partial charge in [0.1, 0.15) is 5.78 Å². The van der Waals surface area contributed by atoms with Crippen molar-refractivity contribution in [1.29, 1.82) is 0 Å². The monoisotopic (exact) mass is 212 g/mol. The molecule has 1 heterocycles. The quantitative estimate of drug-likeness (QED) is 0.734. The van der Waals surface area contributed by atoms with Crippen LogP contribution in [0.15, 0.2) is 0 Å². The first kappa shape index (κ1) is 12.2. The molecule has 0 aromatic heterocycles. The minimum atomic E-state index is -0.264. The van der Waals surface area contributed by atoms with Crippen molar-refractivity contribution in [3.05, 3.63) is 0 Å². The number of likely N-dealkylation sites (tertiary alicyclic amines) is 1. The van der Waals surface area contributed by atoms with Crippen LogP contribution in [0, 0.1) is 11.8 Å². The van der Waals surface area contributed by atoms with Crippen LogP contribution in [0.3, 0.4) is 0 Å². The first-order valence-electron chi connectivity index (χ1n) is 5.53. The minimum Gasteiger partial charge on any atom is -0.369 e. The van der Waals surface area contributed by atoms with E-state index in [4.69, 9.17) is 5.73 Å². The predicted octanol–water partition coefficient (Wildman–Crippen LogP) is 0.409. The van der Waals surface area contributed by atoms with Crippen molar-refractivity contribution in [1.82, 2.24) is 4.90 Å². The van der Waals surface area contributed by atoms with E-state index in [1.165, 1.54) is 0 Å². The molecule has 15 heavy (non-hydrogen) atoms. The summed E-state index contributed by atoms with van der Waals surface area (Å²) in [5.74, 6) is 0.0147. The van der Waals surface area contributed by atoms with Crippen LogP contribution in [0.4, 0.5) is 0 Å². The summed E-state index contributed by atoms with van der Waals surface area (Å²) in [4.78, 5) is 24.3. The molecular formula is C11H20N2O2. The Morgan fingerprint density at radius 2 is 2.20 bits per heavy atom. The van der Waals surface area contributed by atoms with Crippen molar-refractivity contribution in [3.63, 3.8) is 0 Å². The fraction of sp³-hybridized carbons (Fsp3) is 0.818. The van der Waals surface area contributed by atoms with Gasteiger partial charge in [0, 0.05) is 24.9 Å². The first-order chi connectivity index (χ1) is 7.00. The van der Waals surface area contributed by atoms with Gasteiger partial charge in [-0.1, -0.05) is 6.92 Å². The van der Waals surface area contributed by atoms with E-state index in [2.05, 4.69) is 4.90 Å². The Kier molecular flexibility index (Phi) is 4.27. The highest BCUT2D eigenvalue weighted by molar-refractivity contribution is 5.78. The Morgan fingerprint density at radius 1 is 1.53 bits per heavy atom. The molecule has 1 saturated heterocycles. The molecule has 1 aliphatic rings. The maximum absolute atomic E-state index is 11.2. The number of carbonyl (C=O) groups is 2. The standard InChI is InChI=1S/C11H20N2O2/c1-8(11(12)15)6-13-5-3-4-10(7-13)9(2)14/h8,10H,3-7H2,1-2H3,(H2,12,15). The first-order valence-corrected chi connectivity index (χ1v) is 5.53. The second-order valence-electron chi connectivity index (χ2n) is 4.51. The van der Waals surface area contributed by atoms with Crippen LogP contribution < -0.4 is 5.73 Å². The normalized spacial score (nSPS) is 24.8. The Balaban J connectivity index is 2.43. The number of Topliss-reactive ketones (excluding diaryl/α,β-unsaturated/α-hetero) is 1. The summed E-state index contributed by atoms with van der Waals surface area (Å²) < 4.78 is 0. The summed E-state index contributed by atoms with van der Waals surface area (Å²) in [5, 5.41) is 0. The van der Waals surface area contributed by atoms with E-state index in [-0.39, 0.29) is 23.5 Å². The van der Waals surface area contributed by atoms with Crippen LogP contribution in [-0.2, 0) is 9.59 Å². The van der Waals surface area contributed by atoms with Crippen molar-refractivity contribution in [2.45, 2.75) is 26.7 Å². The Morgan fingerprint density at radius 3 is 2.73 bits per heavy atom. The van der Waals surface area contributed by atoms with Crippen molar-refractivity contribution in [2.75, 3.05) is 19.6 Å². The van der Waals surface area contributed by atoms with Gasteiger partial charge in [-0.15, -0.1) is 0 Å². The summed E-state index contributed by atoms with van der Waals surface area (Å²) in [6.07, 6.45) is 2.02. The molecule has 1 amide bonds. The van der Waals surface area contributed by atoms with Gasteiger partial charge in [-0.05, 0) is 26.3 Å². The topological polar surface area (TPSA) is 63.4 Å². The Labute approximate surface area is 90.8 Å². The van der Waals surface area contributed by atoms with E-state index < -0.39 is 0 Å². The van der Waals surface area contributed by atoms with E-state index in [9.17, 15) is 9.59 Å². The van der Waals surface area contributed by atoms with Crippen LogP contribution in [0.5, 0.6) is 0 Å². The highest BCUT2D eigenvalue weighted by Gasteiger charge is 2.24. The highest BCUT2D eigenvalue weighted by Crippen LogP contribution is 2.18. The summed E-state index contributed by atoms with van der Waals surface area (Å²) in [5.41, 5.74) is 5.22. The van der Waals surface area contributed by atoms with Crippen LogP contribution in [0.1, 0.15) is 26.7 Å². The summed E-state index contributed by atoms with van der Waals surface area (Å²) in [6, 6.07) is 0. The second-order valence-corrected chi connectivity index (χ2v) is 4.51. The van der Waals surface area contributed by atoms with E-state index in [1.807, 2.05) is 6.92 Å². The molecule has 0 bridgehead atoms. The van der Waals surface area contributed by atoms with Crippen LogP contribution in [-0.4, -0.2) is 36.2 Å². The molecule has 0 aliphatic carbocycles. The Hall–Kier alpha value is -0.900. The number of ketones is 1. The SMILES string of the molecule is CC(=O)C1CCCN(CC(C)C(N)=O)C1. The number of primary amides is 1. The molecule has 0 aromatic carbocycles. The van der Waals surface area contributed by atoms with Gasteiger partial charge in [0.15, 0.2) is 0 Å². The average molecular weight is 212 g/mol. The van der Waals surface area contributed by atoms with Crippen molar-refractivity contribution in [3.8, 4) is 0 Å². The number of nitrogens with zero attached hydrogens (tertiary/aromatic N) is 1. The molecule has 4 nitrogen and oxygen atoms in total. The number of hydrogen-bond donors (Lipinski definition) is 1. The van der Waals surface area contributed by atoms with Gasteiger partial charge in [0.2, 0.25) is 5.91 Å². The molecule has 2 atom stereocenters. The lowest BCUT2D eigenvalue weighted by Gasteiger charge is -2.32. The Bertz CT molecular complexity index is 251. The molecule has 0 aromatic rings. The zero-order valence-electron chi connectivity index (χ0n) is 9.53. The zero-order chi connectivity index (χ0) is 11.4. The lowest BCUT2D eigenvalue weighted by atomic mass is 9.94. The third kappa shape index (κ3) is 3.63. The third-order valence-corrected chi connectivity index (χ3v) is 3.10. The second kappa shape index (κ2) is 5.26. The predicted molar refractivity (Wildman–Crippen MR) is 58.2 cm³/mol. The van der Waals surface area contributed by atoms with Crippen molar-refractivity contribution in [2.24, 2.45) is 17.6 Å². The third-order valence-electron chi connectivity index (χ3n) is 3.10. The van der Waals surface area contributed by atoms with Gasteiger partial charge in [0.25, 0.3) is 0 Å². The van der Waals surface area contributed by atoms with E-state index in [1.54, 1.807) is 6.92 Å². The summed E-state index contributed by atoms with van der Waals surface area (Å²) >= 11 is 0. The number of piperidine rings is 1. The maximum atomic E-state index is 11.2. The number of amides is 1. The van der Waals surface area contributed by atoms with Gasteiger partial charge in [-0.3, -0.25) is 9.59 Å². The molecule has 4 heteroatoms. The number of rotatable bonds is 4. The average Bonchev–Trinajstić information content (AvgIpc) is 2.18. The van der Waals surface area contributed by atoms with Crippen molar-refractivity contribution >= 4 is 11.7 Å². The minimum absolute atomic E-state index is 0.129. The fourth-order valence-electron chi connectivity index (χ4n) is 2.03. The van der Waals surface area contributed by atoms with Crippen LogP contribution in [0.25, 0.3) is 0 Å². The molecule has 0 radical (unpaired) electrons. The number of hydrogen-bond acceptors (Lipinski definition) is 3. The van der Waals surface area contributed by atoms with Gasteiger partial charge >= 0.3 is 0 Å². The maximum Gasteiger partial charge on any atom is 0.221 e. The zero-order valence-corrected chi connectivity index (χ0v) is 9.53. The van der Waals surface area contributed by atoms with Gasteiger partial charge in [-0.2, -0.15) is 0 Å². The molecule has 1 fully saturated rings. The summed E-state index contributed by atoms with van der Waals surface area (Å²) in [7, 11) is 0. The molecule has 1 aliphatic heterocycles. The fourth-order valence-corrected chi connectivity index (χ4v) is 2.03. The molecule has 1 rings (SSSR count). The van der Waals surface area contributed by atoms with E-state index in [0.29, 0.717) is 6.54 Å². The van der Waals surface area contributed by atoms with Gasteiger partial charge < -0.3 is 10.6 Å². The smallest absolute Gasteiger partial charge is 0.221 e. The number of carbonyl (C=O) groups excluding carboxylic acids is 2. The van der Waals surface area contributed by atoms with Gasteiger partial charge in [0.05, 0.1) is 0 Å². The largest absolute Gasteiger partial charge is 0.369 e. The van der Waals surface area contributed by atoms with Gasteiger partial charge in [-0.25, -0.2) is 0 Å². The molecule has 0 spiro atoms. The molecule has 2 N–H and O–H groups in total. The molecular weight excluding hydrogens is 192 g/mol. The number of nitrogens with two attached hydrogens (primary N) is 1. The highest BCUT2D eigenvalue weighted by atomic mass is 16.1. The summed E-state index contributed by atoms with van der Waals surface area (Å²) in [6.45, 7) is 5.92. The lowest BCUT2D eigenvalue weighted by Crippen LogP contribution is -2.42. The van der Waals surface area contributed by atoms with E-state index in [0.717, 1.165) is 25.9 Å². The van der Waals surface area contributed by atoms with Crippen LogP contribution >= 0.6 is 0 Å². The van der Waals surface area contributed by atoms with E-state index >= 15 is 0 Å². The lowest BCUT2D eigenvalue weighted by molar-refractivity contribution is -0.123. The molecule has 0 saturated carbocycles. The molecule has 86 valence electrons. The van der Waals surface area contributed by atoms with Crippen LogP contribution in [0.2, 0.25) is 0 Å². The molecule has 2 unspecified atom stereocenters.